The summed E-state index contributed by atoms with van der Waals surface area (Å²) in [5.74, 6) is -0.416. The maximum Gasteiger partial charge on any atom is 0.0799 e. The molecule has 0 atom stereocenters. The first-order valence-electron chi connectivity index (χ1n) is 8.97. The van der Waals surface area contributed by atoms with Gasteiger partial charge >= 0.3 is 0 Å². The Hall–Kier alpha value is -1.41. The van der Waals surface area contributed by atoms with Crippen LogP contribution in [0.3, 0.4) is 0 Å². The lowest BCUT2D eigenvalue weighted by molar-refractivity contribution is 0.444. The Morgan fingerprint density at radius 2 is 1.73 bits per heavy atom. The molecule has 0 saturated heterocycles. The van der Waals surface area contributed by atoms with E-state index >= 15 is 0 Å². The quantitative estimate of drug-likeness (QED) is 0.697. The summed E-state index contributed by atoms with van der Waals surface area (Å²) in [5.41, 5.74) is 3.42. The summed E-state index contributed by atoms with van der Waals surface area (Å²) in [4.78, 5) is 4.75. The monoisotopic (exact) mass is 310 g/mol. The van der Waals surface area contributed by atoms with Crippen LogP contribution in [0.1, 0.15) is 44.9 Å². The molecule has 0 spiro atoms. The minimum atomic E-state index is -1.52. The van der Waals surface area contributed by atoms with E-state index in [9.17, 15) is 0 Å². The second-order valence-corrected chi connectivity index (χ2v) is 12.4. The van der Waals surface area contributed by atoms with Crippen molar-refractivity contribution in [2.45, 2.75) is 57.6 Å². The van der Waals surface area contributed by atoms with E-state index in [1.807, 2.05) is 6.07 Å². The lowest BCUT2D eigenvalue weighted by Gasteiger charge is -2.29. The molecule has 2 aromatic rings. The van der Waals surface area contributed by atoms with Crippen LogP contribution in [0.25, 0.3) is 11.3 Å². The first kappa shape index (κ1) is 14.2. The molecule has 0 amide bonds. The maximum absolute atomic E-state index is 9.14. The molecule has 1 aromatic heterocycles. The fraction of sp³-hybridized carbons (Fsp3) is 0.450. The van der Waals surface area contributed by atoms with Crippen molar-refractivity contribution >= 4 is 13.3 Å². The minimum Gasteiger partial charge on any atom is -0.256 e. The third kappa shape index (κ3) is 3.32. The Morgan fingerprint density at radius 3 is 2.36 bits per heavy atom. The summed E-state index contributed by atoms with van der Waals surface area (Å²) >= 11 is 0. The smallest absolute Gasteiger partial charge is 0.0799 e. The zero-order chi connectivity index (χ0) is 16.5. The van der Waals surface area contributed by atoms with Crippen molar-refractivity contribution in [1.29, 1.82) is 0 Å². The Balaban J connectivity index is 2.13. The SMILES string of the molecule is [2H]C1(c2cc(-c3ccccc3)ncc2[Si](C)(C)C)CCCCC1. The molecule has 3 rings (SSSR count). The lowest BCUT2D eigenvalue weighted by atomic mass is 9.84. The van der Waals surface area contributed by atoms with Crippen molar-refractivity contribution < 1.29 is 1.37 Å². The van der Waals surface area contributed by atoms with Gasteiger partial charge in [-0.3, -0.25) is 4.98 Å². The standard InChI is InChI=1S/C20H27NSi/c1-22(2,3)20-15-21-19(17-12-8-5-9-13-17)14-18(20)16-10-6-4-7-11-16/h5,8-9,12-16H,4,6-7,10-11H2,1-3H3/i16D. The highest BCUT2D eigenvalue weighted by atomic mass is 28.3. The zero-order valence-electron chi connectivity index (χ0n) is 15.0. The van der Waals surface area contributed by atoms with Gasteiger partial charge in [0.2, 0.25) is 0 Å². The Kier molecular flexibility index (Phi) is 4.11. The van der Waals surface area contributed by atoms with E-state index in [0.29, 0.717) is 0 Å². The van der Waals surface area contributed by atoms with E-state index in [-0.39, 0.29) is 0 Å². The van der Waals surface area contributed by atoms with Crippen molar-refractivity contribution in [3.8, 4) is 11.3 Å². The van der Waals surface area contributed by atoms with Gasteiger partial charge in [-0.2, -0.15) is 0 Å². The van der Waals surface area contributed by atoms with Gasteiger partial charge in [-0.25, -0.2) is 0 Å². The summed E-state index contributed by atoms with van der Waals surface area (Å²) in [6.45, 7) is 7.09. The van der Waals surface area contributed by atoms with Crippen LogP contribution >= 0.6 is 0 Å². The molecule has 116 valence electrons. The van der Waals surface area contributed by atoms with Gasteiger partial charge in [-0.1, -0.05) is 69.2 Å². The van der Waals surface area contributed by atoms with E-state index in [0.717, 1.165) is 24.1 Å². The van der Waals surface area contributed by atoms with Crippen LogP contribution in [0.15, 0.2) is 42.6 Å². The van der Waals surface area contributed by atoms with Crippen molar-refractivity contribution in [2.24, 2.45) is 0 Å². The van der Waals surface area contributed by atoms with E-state index in [1.54, 1.807) is 0 Å². The summed E-state index contributed by atoms with van der Waals surface area (Å²) in [6, 6.07) is 12.6. The minimum absolute atomic E-state index is 0.416. The van der Waals surface area contributed by atoms with Crippen LogP contribution in [-0.2, 0) is 0 Å². The molecular formula is C20H27NSi. The molecule has 1 aromatic carbocycles. The Bertz CT molecular complexity index is 670. The number of aromatic nitrogens is 1. The van der Waals surface area contributed by atoms with Crippen LogP contribution in [0.4, 0.5) is 0 Å². The van der Waals surface area contributed by atoms with Gasteiger partial charge in [0.05, 0.1) is 13.8 Å². The predicted molar refractivity (Wildman–Crippen MR) is 98.5 cm³/mol. The molecule has 0 bridgehead atoms. The van der Waals surface area contributed by atoms with Crippen LogP contribution in [0.5, 0.6) is 0 Å². The zero-order valence-corrected chi connectivity index (χ0v) is 15.0. The molecule has 1 aliphatic carbocycles. The molecule has 0 unspecified atom stereocenters. The first-order valence-corrected chi connectivity index (χ1v) is 12.0. The lowest BCUT2D eigenvalue weighted by Crippen LogP contribution is -2.41. The van der Waals surface area contributed by atoms with Gasteiger partial charge in [-0.15, -0.1) is 0 Å². The number of hydrogen-bond donors (Lipinski definition) is 0. The highest BCUT2D eigenvalue weighted by molar-refractivity contribution is 6.89. The van der Waals surface area contributed by atoms with Gasteiger partial charge < -0.3 is 0 Å². The normalized spacial score (nSPS) is 18.8. The van der Waals surface area contributed by atoms with E-state index in [2.05, 4.69) is 56.2 Å². The summed E-state index contributed by atoms with van der Waals surface area (Å²) in [6.07, 6.45) is 7.69. The molecule has 2 heteroatoms. The molecule has 1 aliphatic rings. The third-order valence-electron chi connectivity index (χ3n) is 4.62. The van der Waals surface area contributed by atoms with E-state index in [1.165, 1.54) is 30.0 Å². The molecule has 0 N–H and O–H groups in total. The summed E-state index contributed by atoms with van der Waals surface area (Å²) in [5, 5.41) is 1.37. The Labute approximate surface area is 137 Å². The molecule has 1 heterocycles. The van der Waals surface area contributed by atoms with Gasteiger partial charge in [-0.05, 0) is 35.6 Å². The maximum atomic E-state index is 9.14. The van der Waals surface area contributed by atoms with Crippen molar-refractivity contribution in [1.82, 2.24) is 4.98 Å². The molecule has 1 nitrogen and oxygen atoms in total. The van der Waals surface area contributed by atoms with Crippen molar-refractivity contribution in [3.05, 3.63) is 48.2 Å². The molecule has 22 heavy (non-hydrogen) atoms. The molecule has 0 aliphatic heterocycles. The van der Waals surface area contributed by atoms with Crippen molar-refractivity contribution in [3.63, 3.8) is 0 Å². The van der Waals surface area contributed by atoms with Gasteiger partial charge in [0.15, 0.2) is 0 Å². The predicted octanol–water partition coefficient (Wildman–Crippen LogP) is 5.34. The number of nitrogens with zero attached hydrogens (tertiary/aromatic N) is 1. The Morgan fingerprint density at radius 1 is 1.05 bits per heavy atom. The highest BCUT2D eigenvalue weighted by Gasteiger charge is 2.26. The van der Waals surface area contributed by atoms with Gasteiger partial charge in [0.25, 0.3) is 0 Å². The van der Waals surface area contributed by atoms with E-state index < -0.39 is 14.0 Å². The van der Waals surface area contributed by atoms with E-state index in [4.69, 9.17) is 6.35 Å². The highest BCUT2D eigenvalue weighted by Crippen LogP contribution is 2.34. The second-order valence-electron chi connectivity index (χ2n) is 7.40. The fourth-order valence-electron chi connectivity index (χ4n) is 3.36. The molecular weight excluding hydrogens is 282 g/mol. The van der Waals surface area contributed by atoms with Crippen LogP contribution in [-0.4, -0.2) is 13.1 Å². The fourth-order valence-corrected chi connectivity index (χ4v) is 4.87. The average Bonchev–Trinajstić information content (AvgIpc) is 2.55. The largest absolute Gasteiger partial charge is 0.256 e. The molecule has 1 fully saturated rings. The molecule has 1 saturated carbocycles. The number of benzene rings is 1. The van der Waals surface area contributed by atoms with Crippen molar-refractivity contribution in [2.75, 3.05) is 0 Å². The number of rotatable bonds is 3. The number of hydrogen-bond acceptors (Lipinski definition) is 1. The van der Waals surface area contributed by atoms with Crippen LogP contribution < -0.4 is 5.19 Å². The van der Waals surface area contributed by atoms with Gasteiger partial charge in [0.1, 0.15) is 0 Å². The molecule has 0 radical (unpaired) electrons. The second kappa shape index (κ2) is 6.37. The average molecular weight is 311 g/mol. The van der Waals surface area contributed by atoms with Gasteiger partial charge in [0, 0.05) is 13.1 Å². The summed E-state index contributed by atoms with van der Waals surface area (Å²) < 4.78 is 9.14. The van der Waals surface area contributed by atoms with Crippen LogP contribution in [0, 0.1) is 0 Å². The van der Waals surface area contributed by atoms with Crippen LogP contribution in [0.2, 0.25) is 19.6 Å². The topological polar surface area (TPSA) is 12.9 Å². The third-order valence-corrected chi connectivity index (χ3v) is 6.63. The number of pyridine rings is 1. The summed E-state index contributed by atoms with van der Waals surface area (Å²) in [7, 11) is -1.52. The first-order chi connectivity index (χ1) is 10.9.